The van der Waals surface area contributed by atoms with E-state index >= 15 is 0 Å². The summed E-state index contributed by atoms with van der Waals surface area (Å²) >= 11 is 0. The minimum atomic E-state index is -4.31. The third kappa shape index (κ3) is 4.08. The van der Waals surface area contributed by atoms with Crippen LogP contribution in [0, 0.1) is 5.92 Å². The number of hydrogen-bond donors (Lipinski definition) is 2. The van der Waals surface area contributed by atoms with Crippen molar-refractivity contribution < 1.29 is 13.2 Å². The molecule has 0 radical (unpaired) electrons. The lowest BCUT2D eigenvalue weighted by atomic mass is 9.97. The molecule has 1 aromatic carbocycles. The highest BCUT2D eigenvalue weighted by Crippen LogP contribution is 2.29. The van der Waals surface area contributed by atoms with E-state index in [9.17, 15) is 13.2 Å². The van der Waals surface area contributed by atoms with E-state index in [0.717, 1.165) is 41.0 Å². The number of nitrogens with one attached hydrogen (secondary N) is 2. The smallest absolute Gasteiger partial charge is 0.366 e. The highest BCUT2D eigenvalue weighted by Gasteiger charge is 2.29. The minimum Gasteiger partial charge on any atom is -0.366 e. The van der Waals surface area contributed by atoms with E-state index in [4.69, 9.17) is 0 Å². The molecule has 0 saturated heterocycles. The molecule has 4 nitrogen and oxygen atoms in total. The molecule has 0 amide bonds. The zero-order chi connectivity index (χ0) is 19.6. The molecule has 1 atom stereocenters. The van der Waals surface area contributed by atoms with Gasteiger partial charge in [-0.25, -0.2) is 4.98 Å². The number of dihydropyridines is 1. The number of aromatic nitrogens is 2. The van der Waals surface area contributed by atoms with E-state index in [1.54, 1.807) is 6.20 Å². The zero-order valence-electron chi connectivity index (χ0n) is 15.0. The van der Waals surface area contributed by atoms with Gasteiger partial charge in [-0.15, -0.1) is 0 Å². The van der Waals surface area contributed by atoms with Gasteiger partial charge in [0.2, 0.25) is 0 Å². The largest absolute Gasteiger partial charge is 0.416 e. The Morgan fingerprint density at radius 3 is 2.68 bits per heavy atom. The van der Waals surface area contributed by atoms with Gasteiger partial charge in [0.1, 0.15) is 11.5 Å². The van der Waals surface area contributed by atoms with Crippen molar-refractivity contribution in [1.29, 1.82) is 0 Å². The first-order chi connectivity index (χ1) is 13.5. The van der Waals surface area contributed by atoms with Gasteiger partial charge in [-0.1, -0.05) is 18.2 Å². The molecular formula is C21H19F3N4. The number of halogens is 3. The number of amidine groups is 1. The van der Waals surface area contributed by atoms with Crippen LogP contribution in [0.4, 0.5) is 13.2 Å². The summed E-state index contributed by atoms with van der Waals surface area (Å²) < 4.78 is 37.8. The molecule has 0 bridgehead atoms. The summed E-state index contributed by atoms with van der Waals surface area (Å²) in [6.07, 6.45) is 4.38. The zero-order valence-corrected chi connectivity index (χ0v) is 15.0. The molecule has 144 valence electrons. The van der Waals surface area contributed by atoms with E-state index in [2.05, 4.69) is 32.4 Å². The van der Waals surface area contributed by atoms with Gasteiger partial charge < -0.3 is 10.3 Å². The summed E-state index contributed by atoms with van der Waals surface area (Å²) in [4.78, 5) is 12.0. The summed E-state index contributed by atoms with van der Waals surface area (Å²) in [6, 6.07) is 9.15. The monoisotopic (exact) mass is 384 g/mol. The van der Waals surface area contributed by atoms with E-state index in [-0.39, 0.29) is 0 Å². The van der Waals surface area contributed by atoms with Gasteiger partial charge in [0.05, 0.1) is 5.56 Å². The summed E-state index contributed by atoms with van der Waals surface area (Å²) in [5.74, 6) is 1.05. The van der Waals surface area contributed by atoms with Crippen LogP contribution in [0.3, 0.4) is 0 Å². The second kappa shape index (κ2) is 7.50. The number of aliphatic imine (C=N–C) groups is 1. The van der Waals surface area contributed by atoms with Crippen LogP contribution < -0.4 is 5.32 Å². The molecule has 28 heavy (non-hydrogen) atoms. The molecule has 3 aromatic rings. The molecule has 3 heterocycles. The number of aromatic amines is 1. The van der Waals surface area contributed by atoms with Gasteiger partial charge in [0, 0.05) is 36.8 Å². The van der Waals surface area contributed by atoms with Crippen molar-refractivity contribution in [1.82, 2.24) is 15.3 Å². The first-order valence-electron chi connectivity index (χ1n) is 9.03. The Hall–Kier alpha value is -3.09. The maximum absolute atomic E-state index is 12.6. The van der Waals surface area contributed by atoms with Crippen LogP contribution in [0.15, 0.2) is 65.9 Å². The third-order valence-electron chi connectivity index (χ3n) is 4.80. The lowest BCUT2D eigenvalue weighted by Crippen LogP contribution is -2.25. The van der Waals surface area contributed by atoms with Gasteiger partial charge in [0.15, 0.2) is 0 Å². The normalized spacial score (nSPS) is 17.0. The number of nitrogens with zero attached hydrogens (tertiary/aromatic N) is 2. The van der Waals surface area contributed by atoms with Crippen molar-refractivity contribution in [2.75, 3.05) is 6.54 Å². The molecule has 0 saturated carbocycles. The lowest BCUT2D eigenvalue weighted by Gasteiger charge is -2.16. The van der Waals surface area contributed by atoms with Crippen LogP contribution >= 0.6 is 0 Å². The van der Waals surface area contributed by atoms with Crippen LogP contribution in [0.2, 0.25) is 0 Å². The first kappa shape index (κ1) is 18.3. The van der Waals surface area contributed by atoms with Crippen LogP contribution in [-0.2, 0) is 19.1 Å². The molecule has 1 aliphatic heterocycles. The molecule has 0 fully saturated rings. The molecule has 0 aliphatic carbocycles. The standard InChI is InChI=1S/C21H19F3N4/c22-21(23,24)17-6-3-14(4-7-17)11-26-19-8-5-15(12-27-19)10-16-13-28-20-18(16)2-1-9-25-20/h1-9,13,15H,10-12H2,(H,25,28)(H,26,27). The van der Waals surface area contributed by atoms with E-state index < -0.39 is 11.7 Å². The average molecular weight is 384 g/mol. The molecule has 1 aliphatic rings. The molecule has 1 unspecified atom stereocenters. The molecule has 7 heteroatoms. The van der Waals surface area contributed by atoms with Crippen molar-refractivity contribution in [2.45, 2.75) is 19.1 Å². The number of H-pyrrole nitrogens is 1. The van der Waals surface area contributed by atoms with E-state index in [1.807, 2.05) is 18.3 Å². The predicted octanol–water partition coefficient (Wildman–Crippen LogP) is 4.50. The third-order valence-corrected chi connectivity index (χ3v) is 4.80. The fourth-order valence-corrected chi connectivity index (χ4v) is 3.27. The fourth-order valence-electron chi connectivity index (χ4n) is 3.27. The predicted molar refractivity (Wildman–Crippen MR) is 103 cm³/mol. The Balaban J connectivity index is 1.31. The number of fused-ring (bicyclic) bond motifs is 1. The van der Waals surface area contributed by atoms with Crippen molar-refractivity contribution >= 4 is 16.9 Å². The van der Waals surface area contributed by atoms with Crippen LogP contribution in [0.25, 0.3) is 11.0 Å². The number of rotatable bonds is 4. The minimum absolute atomic E-state index is 0.302. The summed E-state index contributed by atoms with van der Waals surface area (Å²) in [7, 11) is 0. The maximum Gasteiger partial charge on any atom is 0.416 e. The highest BCUT2D eigenvalue weighted by molar-refractivity contribution is 5.93. The Bertz CT molecular complexity index is 1020. The lowest BCUT2D eigenvalue weighted by molar-refractivity contribution is -0.137. The van der Waals surface area contributed by atoms with Crippen molar-refractivity contribution in [3.8, 4) is 0 Å². The average Bonchev–Trinajstić information content (AvgIpc) is 3.10. The van der Waals surface area contributed by atoms with E-state index in [0.29, 0.717) is 19.0 Å². The number of benzene rings is 1. The van der Waals surface area contributed by atoms with Gasteiger partial charge in [-0.2, -0.15) is 13.2 Å². The van der Waals surface area contributed by atoms with Gasteiger partial charge >= 0.3 is 6.18 Å². The summed E-state index contributed by atoms with van der Waals surface area (Å²) in [5.41, 5.74) is 2.24. The Kier molecular flexibility index (Phi) is 4.90. The van der Waals surface area contributed by atoms with Gasteiger partial charge in [-0.3, -0.25) is 4.99 Å². The quantitative estimate of drug-likeness (QED) is 0.696. The Morgan fingerprint density at radius 1 is 1.14 bits per heavy atom. The summed E-state index contributed by atoms with van der Waals surface area (Å²) in [5, 5.41) is 4.30. The number of hydrogen-bond acceptors (Lipinski definition) is 3. The van der Waals surface area contributed by atoms with Crippen molar-refractivity contribution in [2.24, 2.45) is 10.9 Å². The number of pyridine rings is 1. The highest BCUT2D eigenvalue weighted by atomic mass is 19.4. The topological polar surface area (TPSA) is 53.1 Å². The molecule has 0 spiro atoms. The Labute approximate surface area is 160 Å². The van der Waals surface area contributed by atoms with Crippen LogP contribution in [0.5, 0.6) is 0 Å². The molecule has 2 aromatic heterocycles. The van der Waals surface area contributed by atoms with Crippen LogP contribution in [-0.4, -0.2) is 22.3 Å². The second-order valence-corrected chi connectivity index (χ2v) is 6.81. The summed E-state index contributed by atoms with van der Waals surface area (Å²) in [6.45, 7) is 1.10. The first-order valence-corrected chi connectivity index (χ1v) is 9.03. The van der Waals surface area contributed by atoms with Gasteiger partial charge in [-0.05, 0) is 47.9 Å². The Morgan fingerprint density at radius 2 is 1.96 bits per heavy atom. The van der Waals surface area contributed by atoms with Crippen LogP contribution in [0.1, 0.15) is 16.7 Å². The van der Waals surface area contributed by atoms with Gasteiger partial charge in [0.25, 0.3) is 0 Å². The maximum atomic E-state index is 12.6. The van der Waals surface area contributed by atoms with E-state index in [1.165, 1.54) is 17.7 Å². The molecule has 4 rings (SSSR count). The molecule has 2 N–H and O–H groups in total. The van der Waals surface area contributed by atoms with Crippen molar-refractivity contribution in [3.05, 3.63) is 77.6 Å². The second-order valence-electron chi connectivity index (χ2n) is 6.81. The SMILES string of the molecule is FC(F)(F)c1ccc(CNC2=NCC(Cc3c[nH]c4ncccc34)C=C2)cc1. The number of alkyl halides is 3. The fraction of sp³-hybridized carbons (Fsp3) is 0.238. The van der Waals surface area contributed by atoms with Crippen molar-refractivity contribution in [3.63, 3.8) is 0 Å². The molecular weight excluding hydrogens is 365 g/mol.